The van der Waals surface area contributed by atoms with Gasteiger partial charge in [0.15, 0.2) is 5.82 Å². The summed E-state index contributed by atoms with van der Waals surface area (Å²) in [5.74, 6) is -1.51. The molecule has 0 aliphatic rings. The molecule has 168 valence electrons. The van der Waals surface area contributed by atoms with Crippen molar-refractivity contribution < 1.29 is 13.5 Å². The van der Waals surface area contributed by atoms with E-state index in [1.54, 1.807) is 38.2 Å². The Bertz CT molecular complexity index is 1430. The number of rotatable bonds is 5. The van der Waals surface area contributed by atoms with Crippen LogP contribution >= 0.6 is 11.6 Å². The third-order valence-corrected chi connectivity index (χ3v) is 5.15. The van der Waals surface area contributed by atoms with Crippen LogP contribution in [-0.2, 0) is 6.61 Å². The summed E-state index contributed by atoms with van der Waals surface area (Å²) in [6, 6.07) is 5.60. The third-order valence-electron chi connectivity index (χ3n) is 4.80. The fourth-order valence-electron chi connectivity index (χ4n) is 3.19. The molecule has 8 nitrogen and oxygen atoms in total. The monoisotopic (exact) mass is 470 g/mol. The summed E-state index contributed by atoms with van der Waals surface area (Å²) >= 11 is 6.30. The Labute approximate surface area is 191 Å². The zero-order valence-corrected chi connectivity index (χ0v) is 18.3. The van der Waals surface area contributed by atoms with Gasteiger partial charge in [-0.15, -0.1) is 0 Å². The number of nitrogen functional groups attached to an aromatic ring is 1. The Balaban J connectivity index is 1.72. The van der Waals surface area contributed by atoms with Gasteiger partial charge in [-0.3, -0.25) is 19.3 Å². The molecule has 0 radical (unpaired) electrons. The lowest BCUT2D eigenvalue weighted by atomic mass is 10.1. The molecular formula is C22H17ClF2N6O2. The Hall–Kier alpha value is -3.92. The lowest BCUT2D eigenvalue weighted by molar-refractivity contribution is 0.292. The highest BCUT2D eigenvalue weighted by Gasteiger charge is 2.17. The third kappa shape index (κ3) is 4.51. The molecule has 0 aliphatic carbocycles. The molecule has 0 amide bonds. The van der Waals surface area contributed by atoms with E-state index < -0.39 is 17.2 Å². The quantitative estimate of drug-likeness (QED) is 0.472. The number of aryl methyl sites for hydroxylation is 2. The van der Waals surface area contributed by atoms with Gasteiger partial charge in [-0.1, -0.05) is 11.6 Å². The van der Waals surface area contributed by atoms with Crippen molar-refractivity contribution in [2.24, 2.45) is 0 Å². The van der Waals surface area contributed by atoms with Crippen molar-refractivity contribution in [1.82, 2.24) is 24.5 Å². The molecule has 0 saturated heterocycles. The van der Waals surface area contributed by atoms with E-state index in [9.17, 15) is 13.6 Å². The van der Waals surface area contributed by atoms with Crippen molar-refractivity contribution in [2.75, 3.05) is 5.73 Å². The molecule has 0 unspecified atom stereocenters. The van der Waals surface area contributed by atoms with E-state index in [0.717, 1.165) is 6.20 Å². The smallest absolute Gasteiger partial charge is 0.277 e. The van der Waals surface area contributed by atoms with Crippen LogP contribution in [0.25, 0.3) is 17.1 Å². The molecule has 0 atom stereocenters. The van der Waals surface area contributed by atoms with Crippen LogP contribution in [0.5, 0.6) is 5.75 Å². The maximum absolute atomic E-state index is 13.8. The highest BCUT2D eigenvalue weighted by molar-refractivity contribution is 6.31. The number of pyridine rings is 3. The topological polar surface area (TPSA) is 109 Å². The average Bonchev–Trinajstić information content (AvgIpc) is 2.77. The van der Waals surface area contributed by atoms with Crippen molar-refractivity contribution in [2.45, 2.75) is 20.5 Å². The van der Waals surface area contributed by atoms with Crippen molar-refractivity contribution in [3.05, 3.63) is 86.8 Å². The number of nitrogens with two attached hydrogens (primary N) is 1. The van der Waals surface area contributed by atoms with Crippen LogP contribution in [-0.4, -0.2) is 24.5 Å². The minimum atomic E-state index is -0.860. The van der Waals surface area contributed by atoms with Gasteiger partial charge < -0.3 is 10.5 Å². The highest BCUT2D eigenvalue weighted by Crippen LogP contribution is 2.27. The van der Waals surface area contributed by atoms with Gasteiger partial charge in [-0.2, -0.15) is 0 Å². The molecule has 0 bridgehead atoms. The zero-order valence-electron chi connectivity index (χ0n) is 17.5. The highest BCUT2D eigenvalue weighted by atomic mass is 35.5. The lowest BCUT2D eigenvalue weighted by Crippen LogP contribution is -2.23. The van der Waals surface area contributed by atoms with Crippen molar-refractivity contribution in [1.29, 1.82) is 0 Å². The number of halogens is 3. The van der Waals surface area contributed by atoms with E-state index in [1.165, 1.54) is 10.8 Å². The standard InChI is InChI=1S/C22H17ClF2N6O2/c1-11-8-28-16(15-3-4-27-22(26)30-15)7-18(11)31-12(2)5-19(20(23)21(31)32)33-10-17-14(25)6-13(24)9-29-17/h3-9H,10H2,1-2H3,(H2,26,27,30). The number of hydrogen-bond acceptors (Lipinski definition) is 7. The molecule has 4 aromatic rings. The normalized spacial score (nSPS) is 10.9. The first-order valence-electron chi connectivity index (χ1n) is 9.65. The zero-order chi connectivity index (χ0) is 23.7. The van der Waals surface area contributed by atoms with E-state index in [-0.39, 0.29) is 29.0 Å². The fraction of sp³-hybridized carbons (Fsp3) is 0.136. The van der Waals surface area contributed by atoms with Gasteiger partial charge in [0.2, 0.25) is 5.95 Å². The van der Waals surface area contributed by atoms with Crippen LogP contribution in [0.4, 0.5) is 14.7 Å². The number of nitrogens with zero attached hydrogens (tertiary/aromatic N) is 5. The Morgan fingerprint density at radius 3 is 2.61 bits per heavy atom. The molecular weight excluding hydrogens is 454 g/mol. The van der Waals surface area contributed by atoms with Crippen LogP contribution < -0.4 is 16.0 Å². The molecule has 0 aromatic carbocycles. The van der Waals surface area contributed by atoms with Gasteiger partial charge >= 0.3 is 0 Å². The van der Waals surface area contributed by atoms with Gasteiger partial charge in [-0.25, -0.2) is 18.7 Å². The molecule has 2 N–H and O–H groups in total. The Kier molecular flexibility index (Phi) is 6.01. The summed E-state index contributed by atoms with van der Waals surface area (Å²) in [6.45, 7) is 3.17. The second-order valence-electron chi connectivity index (χ2n) is 7.13. The van der Waals surface area contributed by atoms with E-state index in [0.29, 0.717) is 34.4 Å². The SMILES string of the molecule is Cc1cnc(-c2ccnc(N)n2)cc1-n1c(C)cc(OCc2ncc(F)cc2F)c(Cl)c1=O. The molecule has 4 aromatic heterocycles. The summed E-state index contributed by atoms with van der Waals surface area (Å²) in [4.78, 5) is 29.2. The van der Waals surface area contributed by atoms with Gasteiger partial charge in [0.1, 0.15) is 28.9 Å². The molecule has 11 heteroatoms. The lowest BCUT2D eigenvalue weighted by Gasteiger charge is -2.16. The van der Waals surface area contributed by atoms with Crippen molar-refractivity contribution in [3.8, 4) is 22.8 Å². The first-order valence-corrected chi connectivity index (χ1v) is 10.0. The molecule has 0 saturated carbocycles. The van der Waals surface area contributed by atoms with Gasteiger partial charge in [0, 0.05) is 30.2 Å². The molecule has 0 aliphatic heterocycles. The number of anilines is 1. The molecule has 4 rings (SSSR count). The average molecular weight is 471 g/mol. The van der Waals surface area contributed by atoms with Crippen LogP contribution in [0.15, 0.2) is 47.7 Å². The van der Waals surface area contributed by atoms with Gasteiger partial charge in [0.25, 0.3) is 5.56 Å². The van der Waals surface area contributed by atoms with E-state index in [1.807, 2.05) is 0 Å². The largest absolute Gasteiger partial charge is 0.485 e. The second kappa shape index (κ2) is 8.91. The Morgan fingerprint density at radius 1 is 1.09 bits per heavy atom. The molecule has 4 heterocycles. The molecule has 33 heavy (non-hydrogen) atoms. The van der Waals surface area contributed by atoms with Gasteiger partial charge in [-0.05, 0) is 31.5 Å². The number of hydrogen-bond donors (Lipinski definition) is 1. The van der Waals surface area contributed by atoms with Crippen LogP contribution in [0.1, 0.15) is 17.0 Å². The fourth-order valence-corrected chi connectivity index (χ4v) is 3.39. The first kappa shape index (κ1) is 22.3. The Morgan fingerprint density at radius 2 is 1.88 bits per heavy atom. The minimum absolute atomic E-state index is 0.0523. The number of aromatic nitrogens is 5. The van der Waals surface area contributed by atoms with E-state index in [2.05, 4.69) is 19.9 Å². The summed E-state index contributed by atoms with van der Waals surface area (Å²) < 4.78 is 33.8. The van der Waals surface area contributed by atoms with Crippen LogP contribution in [0, 0.1) is 25.5 Å². The number of ether oxygens (including phenoxy) is 1. The maximum Gasteiger partial charge on any atom is 0.277 e. The summed E-state index contributed by atoms with van der Waals surface area (Å²) in [6.07, 6.45) is 4.00. The summed E-state index contributed by atoms with van der Waals surface area (Å²) in [5.41, 5.74) is 7.76. The summed E-state index contributed by atoms with van der Waals surface area (Å²) in [7, 11) is 0. The van der Waals surface area contributed by atoms with Gasteiger partial charge in [0.05, 0.1) is 23.3 Å². The summed E-state index contributed by atoms with van der Waals surface area (Å²) in [5, 5.41) is -0.202. The van der Waals surface area contributed by atoms with E-state index in [4.69, 9.17) is 22.1 Å². The van der Waals surface area contributed by atoms with Crippen LogP contribution in [0.3, 0.4) is 0 Å². The van der Waals surface area contributed by atoms with Crippen molar-refractivity contribution in [3.63, 3.8) is 0 Å². The van der Waals surface area contributed by atoms with Crippen LogP contribution in [0.2, 0.25) is 5.02 Å². The second-order valence-corrected chi connectivity index (χ2v) is 7.51. The molecule has 0 fully saturated rings. The molecule has 0 spiro atoms. The predicted octanol–water partition coefficient (Wildman–Crippen LogP) is 3.79. The van der Waals surface area contributed by atoms with E-state index >= 15 is 0 Å². The van der Waals surface area contributed by atoms with Crippen molar-refractivity contribution >= 4 is 17.5 Å². The maximum atomic E-state index is 13.8. The minimum Gasteiger partial charge on any atom is -0.485 e. The predicted molar refractivity (Wildman–Crippen MR) is 118 cm³/mol. The first-order chi connectivity index (χ1) is 15.7.